The third kappa shape index (κ3) is 3.75. The van der Waals surface area contributed by atoms with Crippen molar-refractivity contribution >= 4 is 11.8 Å². The lowest BCUT2D eigenvalue weighted by molar-refractivity contribution is -0.170. The van der Waals surface area contributed by atoms with E-state index in [2.05, 4.69) is 13.8 Å². The highest BCUT2D eigenvalue weighted by molar-refractivity contribution is 5.78. The fourth-order valence-electron chi connectivity index (χ4n) is 3.97. The molecule has 0 unspecified atom stereocenters. The van der Waals surface area contributed by atoms with Crippen LogP contribution in [0.2, 0.25) is 0 Å². The monoisotopic (exact) mass is 338 g/mol. The topological polar surface area (TPSA) is 59.1 Å². The molecule has 6 heteroatoms. The maximum Gasteiger partial charge on any atom is 0.248 e. The van der Waals surface area contributed by atoms with Crippen LogP contribution in [-0.4, -0.2) is 73.2 Å². The van der Waals surface area contributed by atoms with Gasteiger partial charge in [0.1, 0.15) is 12.2 Å². The summed E-state index contributed by atoms with van der Waals surface area (Å²) in [6.07, 6.45) is 3.75. The number of hydrogen-bond donors (Lipinski definition) is 0. The maximum absolute atomic E-state index is 12.1. The first-order chi connectivity index (χ1) is 11.5. The van der Waals surface area contributed by atoms with E-state index in [1.54, 1.807) is 0 Å². The molecule has 0 aliphatic carbocycles. The van der Waals surface area contributed by atoms with Gasteiger partial charge in [0.25, 0.3) is 0 Å². The third-order valence-corrected chi connectivity index (χ3v) is 5.46. The lowest BCUT2D eigenvalue weighted by atomic mass is 9.81. The zero-order valence-corrected chi connectivity index (χ0v) is 15.0. The number of carbonyl (C=O) groups excluding carboxylic acids is 2. The van der Waals surface area contributed by atoms with Crippen LogP contribution in [0.25, 0.3) is 0 Å². The summed E-state index contributed by atoms with van der Waals surface area (Å²) in [4.78, 5) is 27.9. The van der Waals surface area contributed by atoms with Gasteiger partial charge in [-0.3, -0.25) is 9.59 Å². The molecular weight excluding hydrogens is 308 g/mol. The second kappa shape index (κ2) is 7.40. The second-order valence-electron chi connectivity index (χ2n) is 7.85. The molecule has 2 amide bonds. The van der Waals surface area contributed by atoms with Gasteiger partial charge in [-0.15, -0.1) is 0 Å². The predicted octanol–water partition coefficient (Wildman–Crippen LogP) is 1.29. The van der Waals surface area contributed by atoms with Gasteiger partial charge in [0, 0.05) is 32.0 Å². The van der Waals surface area contributed by atoms with Crippen molar-refractivity contribution in [3.8, 4) is 0 Å². The molecule has 3 heterocycles. The van der Waals surface area contributed by atoms with Crippen molar-refractivity contribution in [3.05, 3.63) is 0 Å². The van der Waals surface area contributed by atoms with Gasteiger partial charge in [-0.1, -0.05) is 13.8 Å². The Labute approximate surface area is 144 Å². The van der Waals surface area contributed by atoms with Gasteiger partial charge in [0.15, 0.2) is 0 Å². The van der Waals surface area contributed by atoms with Gasteiger partial charge < -0.3 is 19.3 Å². The summed E-state index contributed by atoms with van der Waals surface area (Å²) in [5.74, 6) is 0.985. The summed E-state index contributed by atoms with van der Waals surface area (Å²) >= 11 is 0. The van der Waals surface area contributed by atoms with E-state index in [9.17, 15) is 9.59 Å². The first-order valence-corrected chi connectivity index (χ1v) is 9.27. The Morgan fingerprint density at radius 3 is 2.54 bits per heavy atom. The minimum atomic E-state index is -0.233. The lowest BCUT2D eigenvalue weighted by Gasteiger charge is -2.50. The Morgan fingerprint density at radius 1 is 1.17 bits per heavy atom. The number of rotatable bonds is 6. The summed E-state index contributed by atoms with van der Waals surface area (Å²) in [6, 6.07) is 0. The van der Waals surface area contributed by atoms with Gasteiger partial charge in [0.05, 0.1) is 19.7 Å². The van der Waals surface area contributed by atoms with E-state index in [1.807, 2.05) is 9.80 Å². The zero-order valence-electron chi connectivity index (χ0n) is 15.0. The molecule has 3 fully saturated rings. The zero-order chi connectivity index (χ0) is 17.2. The van der Waals surface area contributed by atoms with Crippen molar-refractivity contribution in [1.82, 2.24) is 9.80 Å². The Bertz CT molecular complexity index is 468. The van der Waals surface area contributed by atoms with Gasteiger partial charge in [-0.2, -0.15) is 0 Å². The fraction of sp³-hybridized carbons (Fsp3) is 0.889. The molecule has 1 atom stereocenters. The fourth-order valence-corrected chi connectivity index (χ4v) is 3.97. The van der Waals surface area contributed by atoms with Crippen molar-refractivity contribution < 1.29 is 19.1 Å². The molecule has 136 valence electrons. The van der Waals surface area contributed by atoms with E-state index in [0.717, 1.165) is 39.0 Å². The quantitative estimate of drug-likeness (QED) is 0.732. The molecule has 6 nitrogen and oxygen atoms in total. The van der Waals surface area contributed by atoms with E-state index in [-0.39, 0.29) is 29.9 Å². The van der Waals surface area contributed by atoms with E-state index in [0.29, 0.717) is 32.0 Å². The smallest absolute Gasteiger partial charge is 0.248 e. The number of nitrogens with zero attached hydrogens (tertiary/aromatic N) is 2. The SMILES string of the molecule is CC(C)CC(=O)N1CC2(C1)OCC[C@H]2COCC(=O)N1CCCC1. The molecule has 3 saturated heterocycles. The molecule has 0 N–H and O–H groups in total. The van der Waals surface area contributed by atoms with Crippen molar-refractivity contribution in [2.45, 2.75) is 45.1 Å². The Kier molecular flexibility index (Phi) is 5.45. The molecule has 0 radical (unpaired) electrons. The van der Waals surface area contributed by atoms with E-state index >= 15 is 0 Å². The Balaban J connectivity index is 1.41. The average molecular weight is 338 g/mol. The minimum absolute atomic E-state index is 0.0998. The normalized spacial score (nSPS) is 25.5. The summed E-state index contributed by atoms with van der Waals surface area (Å²) < 4.78 is 11.7. The molecule has 0 saturated carbocycles. The molecular formula is C18H30N2O4. The second-order valence-corrected chi connectivity index (χ2v) is 7.85. The number of amides is 2. The van der Waals surface area contributed by atoms with Crippen LogP contribution in [0.4, 0.5) is 0 Å². The molecule has 0 aromatic carbocycles. The van der Waals surface area contributed by atoms with Gasteiger partial charge in [-0.25, -0.2) is 0 Å². The van der Waals surface area contributed by atoms with Crippen molar-refractivity contribution in [2.75, 3.05) is 46.0 Å². The highest BCUT2D eigenvalue weighted by Gasteiger charge is 2.54. The van der Waals surface area contributed by atoms with Gasteiger partial charge in [0.2, 0.25) is 11.8 Å². The molecule has 3 aliphatic rings. The molecule has 3 rings (SSSR count). The summed E-state index contributed by atoms with van der Waals surface area (Å²) in [7, 11) is 0. The number of hydrogen-bond acceptors (Lipinski definition) is 4. The van der Waals surface area contributed by atoms with Crippen LogP contribution < -0.4 is 0 Å². The highest BCUT2D eigenvalue weighted by Crippen LogP contribution is 2.40. The van der Waals surface area contributed by atoms with Crippen LogP contribution in [0, 0.1) is 11.8 Å². The molecule has 0 aromatic rings. The average Bonchev–Trinajstić information content (AvgIpc) is 3.14. The lowest BCUT2D eigenvalue weighted by Crippen LogP contribution is -2.66. The van der Waals surface area contributed by atoms with Gasteiger partial charge in [-0.05, 0) is 25.2 Å². The number of carbonyl (C=O) groups is 2. The third-order valence-electron chi connectivity index (χ3n) is 5.46. The molecule has 1 spiro atoms. The largest absolute Gasteiger partial charge is 0.371 e. The number of ether oxygens (including phenoxy) is 2. The highest BCUT2D eigenvalue weighted by atomic mass is 16.5. The van der Waals surface area contributed by atoms with Crippen LogP contribution >= 0.6 is 0 Å². The maximum atomic E-state index is 12.1. The summed E-state index contributed by atoms with van der Waals surface area (Å²) in [5, 5.41) is 0. The van der Waals surface area contributed by atoms with Crippen LogP contribution in [0.15, 0.2) is 0 Å². The summed E-state index contributed by atoms with van der Waals surface area (Å²) in [6.45, 7) is 8.65. The van der Waals surface area contributed by atoms with E-state index < -0.39 is 0 Å². The first-order valence-electron chi connectivity index (χ1n) is 9.27. The van der Waals surface area contributed by atoms with Crippen LogP contribution in [0.1, 0.15) is 39.5 Å². The molecule has 0 bridgehead atoms. The van der Waals surface area contributed by atoms with Crippen LogP contribution in [0.3, 0.4) is 0 Å². The van der Waals surface area contributed by atoms with Crippen LogP contribution in [0.5, 0.6) is 0 Å². The first kappa shape index (κ1) is 17.7. The predicted molar refractivity (Wildman–Crippen MR) is 89.5 cm³/mol. The van der Waals surface area contributed by atoms with Crippen molar-refractivity contribution in [3.63, 3.8) is 0 Å². The Hall–Kier alpha value is -1.14. The van der Waals surface area contributed by atoms with Crippen molar-refractivity contribution in [2.24, 2.45) is 11.8 Å². The van der Waals surface area contributed by atoms with Crippen molar-refractivity contribution in [1.29, 1.82) is 0 Å². The summed E-state index contributed by atoms with van der Waals surface area (Å²) in [5.41, 5.74) is -0.233. The van der Waals surface area contributed by atoms with E-state index in [1.165, 1.54) is 0 Å². The Morgan fingerprint density at radius 2 is 1.88 bits per heavy atom. The van der Waals surface area contributed by atoms with Gasteiger partial charge >= 0.3 is 0 Å². The van der Waals surface area contributed by atoms with Crippen LogP contribution in [-0.2, 0) is 19.1 Å². The molecule has 0 aromatic heterocycles. The molecule has 24 heavy (non-hydrogen) atoms. The number of likely N-dealkylation sites (tertiary alicyclic amines) is 2. The minimum Gasteiger partial charge on any atom is -0.371 e. The van der Waals surface area contributed by atoms with E-state index in [4.69, 9.17) is 9.47 Å². The standard InChI is InChI=1S/C18H30N2O4/c1-14(2)9-16(21)20-12-18(13-20)15(5-8-24-18)10-23-11-17(22)19-6-3-4-7-19/h14-15H,3-13H2,1-2H3/t15-/m0/s1. The molecule has 3 aliphatic heterocycles.